The van der Waals surface area contributed by atoms with E-state index in [2.05, 4.69) is 29.2 Å². The Bertz CT molecular complexity index is 382. The summed E-state index contributed by atoms with van der Waals surface area (Å²) in [5.41, 5.74) is 2.85. The van der Waals surface area contributed by atoms with Gasteiger partial charge >= 0.3 is 0 Å². The van der Waals surface area contributed by atoms with Crippen LogP contribution in [-0.4, -0.2) is 23.9 Å². The van der Waals surface area contributed by atoms with Crippen molar-refractivity contribution in [2.75, 3.05) is 13.1 Å². The molecule has 1 amide bonds. The molecule has 1 aliphatic heterocycles. The lowest BCUT2D eigenvalue weighted by molar-refractivity contribution is -0.132. The minimum Gasteiger partial charge on any atom is -0.342 e. The number of hydrogen-bond acceptors (Lipinski definition) is 1. The molecule has 0 N–H and O–H groups in total. The summed E-state index contributed by atoms with van der Waals surface area (Å²) in [5.74, 6) is 0.758. The molecule has 1 heterocycles. The second-order valence-corrected chi connectivity index (χ2v) is 4.87. The molecule has 1 saturated carbocycles. The quantitative estimate of drug-likeness (QED) is 0.702. The van der Waals surface area contributed by atoms with Crippen molar-refractivity contribution in [1.29, 1.82) is 0 Å². The van der Waals surface area contributed by atoms with E-state index < -0.39 is 0 Å². The summed E-state index contributed by atoms with van der Waals surface area (Å²) in [6.07, 6.45) is 4.27. The lowest BCUT2D eigenvalue weighted by Crippen LogP contribution is -2.34. The maximum atomic E-state index is 12.0. The van der Waals surface area contributed by atoms with E-state index in [4.69, 9.17) is 0 Å². The summed E-state index contributed by atoms with van der Waals surface area (Å²) in [4.78, 5) is 14.1. The molecule has 16 heavy (non-hydrogen) atoms. The third-order valence-electron chi connectivity index (χ3n) is 3.66. The zero-order valence-corrected chi connectivity index (χ0v) is 9.48. The van der Waals surface area contributed by atoms with Gasteiger partial charge in [0, 0.05) is 19.0 Å². The third kappa shape index (κ3) is 1.84. The second-order valence-electron chi connectivity index (χ2n) is 4.87. The summed E-state index contributed by atoms with van der Waals surface area (Å²) in [7, 11) is 0. The number of hydrogen-bond donors (Lipinski definition) is 0. The normalized spacial score (nSPS) is 20.1. The Morgan fingerprint density at radius 2 is 1.62 bits per heavy atom. The van der Waals surface area contributed by atoms with Crippen LogP contribution < -0.4 is 0 Å². The Balaban J connectivity index is 1.74. The van der Waals surface area contributed by atoms with E-state index in [-0.39, 0.29) is 0 Å². The van der Waals surface area contributed by atoms with Crippen molar-refractivity contribution in [1.82, 2.24) is 4.90 Å². The fraction of sp³-hybridized carbons (Fsp3) is 0.500. The van der Waals surface area contributed by atoms with Gasteiger partial charge in [-0.25, -0.2) is 0 Å². The van der Waals surface area contributed by atoms with E-state index in [9.17, 15) is 4.79 Å². The minimum atomic E-state index is 0.362. The van der Waals surface area contributed by atoms with Crippen LogP contribution in [0, 0.1) is 5.92 Å². The van der Waals surface area contributed by atoms with Gasteiger partial charge in [0.2, 0.25) is 5.91 Å². The molecule has 1 aliphatic carbocycles. The van der Waals surface area contributed by atoms with Gasteiger partial charge in [-0.2, -0.15) is 0 Å². The van der Waals surface area contributed by atoms with E-state index in [1.54, 1.807) is 0 Å². The fourth-order valence-corrected chi connectivity index (χ4v) is 2.48. The molecule has 1 aromatic rings. The average Bonchev–Trinajstić information content (AvgIpc) is 3.15. The number of nitrogens with zero attached hydrogens (tertiary/aromatic N) is 1. The van der Waals surface area contributed by atoms with Crippen LogP contribution in [0.3, 0.4) is 0 Å². The number of carbonyl (C=O) groups is 1. The number of rotatable bonds is 1. The molecule has 3 rings (SSSR count). The van der Waals surface area contributed by atoms with Crippen molar-refractivity contribution < 1.29 is 4.79 Å². The monoisotopic (exact) mass is 215 g/mol. The van der Waals surface area contributed by atoms with Gasteiger partial charge in [0.1, 0.15) is 0 Å². The Morgan fingerprint density at radius 1 is 1.06 bits per heavy atom. The van der Waals surface area contributed by atoms with Crippen molar-refractivity contribution in [2.24, 2.45) is 5.92 Å². The first kappa shape index (κ1) is 9.88. The first-order chi connectivity index (χ1) is 7.84. The van der Waals surface area contributed by atoms with Crippen molar-refractivity contribution >= 4 is 5.91 Å². The molecule has 2 heteroatoms. The van der Waals surface area contributed by atoms with Gasteiger partial charge in [-0.05, 0) is 36.8 Å². The summed E-state index contributed by atoms with van der Waals surface area (Å²) in [6, 6.07) is 8.58. The molecular formula is C14H17NO. The van der Waals surface area contributed by atoms with Crippen molar-refractivity contribution in [3.8, 4) is 0 Å². The van der Waals surface area contributed by atoms with Gasteiger partial charge in [-0.15, -0.1) is 0 Å². The number of benzene rings is 1. The van der Waals surface area contributed by atoms with Crippen LogP contribution >= 0.6 is 0 Å². The molecular weight excluding hydrogens is 198 g/mol. The smallest absolute Gasteiger partial charge is 0.225 e. The molecule has 0 atom stereocenters. The highest BCUT2D eigenvalue weighted by Crippen LogP contribution is 2.31. The molecule has 0 bridgehead atoms. The molecule has 2 aliphatic rings. The van der Waals surface area contributed by atoms with Gasteiger partial charge in [0.25, 0.3) is 0 Å². The molecule has 0 radical (unpaired) electrons. The van der Waals surface area contributed by atoms with E-state index in [1.165, 1.54) is 11.1 Å². The molecule has 0 saturated heterocycles. The first-order valence-corrected chi connectivity index (χ1v) is 6.20. The molecule has 1 fully saturated rings. The predicted molar refractivity (Wildman–Crippen MR) is 63.2 cm³/mol. The third-order valence-corrected chi connectivity index (χ3v) is 3.66. The number of carbonyl (C=O) groups excluding carboxylic acids is 1. The molecule has 0 unspecified atom stereocenters. The number of fused-ring (bicyclic) bond motifs is 1. The van der Waals surface area contributed by atoms with Gasteiger partial charge in [0.05, 0.1) is 0 Å². The lowest BCUT2D eigenvalue weighted by atomic mass is 10.0. The fourth-order valence-electron chi connectivity index (χ4n) is 2.48. The van der Waals surface area contributed by atoms with Crippen LogP contribution in [0.15, 0.2) is 24.3 Å². The van der Waals surface area contributed by atoms with E-state index in [0.717, 1.165) is 38.8 Å². The highest BCUT2D eigenvalue weighted by Gasteiger charge is 2.33. The van der Waals surface area contributed by atoms with Crippen LogP contribution in [0.5, 0.6) is 0 Å². The zero-order chi connectivity index (χ0) is 11.0. The highest BCUT2D eigenvalue weighted by atomic mass is 16.2. The predicted octanol–water partition coefficient (Wildman–Crippen LogP) is 2.02. The Kier molecular flexibility index (Phi) is 2.43. The van der Waals surface area contributed by atoms with Gasteiger partial charge in [-0.1, -0.05) is 24.3 Å². The van der Waals surface area contributed by atoms with Gasteiger partial charge in [0.15, 0.2) is 0 Å². The summed E-state index contributed by atoms with van der Waals surface area (Å²) < 4.78 is 0. The lowest BCUT2D eigenvalue weighted by Gasteiger charge is -2.19. The molecule has 84 valence electrons. The summed E-state index contributed by atoms with van der Waals surface area (Å²) in [6.45, 7) is 1.82. The van der Waals surface area contributed by atoms with Crippen molar-refractivity contribution in [2.45, 2.75) is 25.7 Å². The average molecular weight is 215 g/mol. The number of amides is 1. The van der Waals surface area contributed by atoms with Crippen LogP contribution in [-0.2, 0) is 17.6 Å². The van der Waals surface area contributed by atoms with Crippen molar-refractivity contribution in [3.05, 3.63) is 35.4 Å². The maximum absolute atomic E-state index is 12.0. The SMILES string of the molecule is O=C(C1CC1)N1CCc2ccccc2CC1. The van der Waals surface area contributed by atoms with Crippen LogP contribution in [0.1, 0.15) is 24.0 Å². The Hall–Kier alpha value is -1.31. The van der Waals surface area contributed by atoms with Crippen LogP contribution in [0.2, 0.25) is 0 Å². The zero-order valence-electron chi connectivity index (χ0n) is 9.48. The second kappa shape index (κ2) is 3.93. The van der Waals surface area contributed by atoms with Crippen LogP contribution in [0.4, 0.5) is 0 Å². The van der Waals surface area contributed by atoms with Gasteiger partial charge < -0.3 is 4.90 Å². The largest absolute Gasteiger partial charge is 0.342 e. The summed E-state index contributed by atoms with van der Waals surface area (Å²) in [5, 5.41) is 0. The Labute approximate surface area is 96.3 Å². The van der Waals surface area contributed by atoms with Crippen LogP contribution in [0.25, 0.3) is 0 Å². The topological polar surface area (TPSA) is 20.3 Å². The Morgan fingerprint density at radius 3 is 2.12 bits per heavy atom. The highest BCUT2D eigenvalue weighted by molar-refractivity contribution is 5.81. The van der Waals surface area contributed by atoms with Gasteiger partial charge in [-0.3, -0.25) is 4.79 Å². The standard InChI is InChI=1S/C14H17NO/c16-14(13-5-6-13)15-9-7-11-3-1-2-4-12(11)8-10-15/h1-4,13H,5-10H2. The minimum absolute atomic E-state index is 0.362. The molecule has 0 aromatic heterocycles. The summed E-state index contributed by atoms with van der Waals surface area (Å²) >= 11 is 0. The van der Waals surface area contributed by atoms with E-state index in [0.29, 0.717) is 11.8 Å². The first-order valence-electron chi connectivity index (χ1n) is 6.20. The molecule has 0 spiro atoms. The molecule has 1 aromatic carbocycles. The molecule has 2 nitrogen and oxygen atoms in total. The van der Waals surface area contributed by atoms with E-state index in [1.807, 2.05) is 0 Å². The van der Waals surface area contributed by atoms with E-state index >= 15 is 0 Å². The maximum Gasteiger partial charge on any atom is 0.225 e. The van der Waals surface area contributed by atoms with Crippen molar-refractivity contribution in [3.63, 3.8) is 0 Å².